The van der Waals surface area contributed by atoms with Crippen LogP contribution < -0.4 is 10.3 Å². The fourth-order valence-electron chi connectivity index (χ4n) is 2.40. The second kappa shape index (κ2) is 5.60. The Morgan fingerprint density at radius 1 is 1.22 bits per heavy atom. The van der Waals surface area contributed by atoms with Gasteiger partial charge in [0.25, 0.3) is 5.56 Å². The minimum Gasteiger partial charge on any atom is -0.360 e. The second-order valence-electron chi connectivity index (χ2n) is 5.02. The Hall–Kier alpha value is -2.52. The van der Waals surface area contributed by atoms with Gasteiger partial charge in [-0.2, -0.15) is 5.10 Å². The summed E-state index contributed by atoms with van der Waals surface area (Å²) in [4.78, 5) is 11.8. The Bertz CT molecular complexity index is 1020. The van der Waals surface area contributed by atoms with Crippen LogP contribution in [0.3, 0.4) is 0 Å². The van der Waals surface area contributed by atoms with Crippen molar-refractivity contribution in [2.24, 2.45) is 0 Å². The first-order valence-corrected chi connectivity index (χ1v) is 8.27. The van der Waals surface area contributed by atoms with Crippen molar-refractivity contribution in [1.29, 1.82) is 0 Å². The van der Waals surface area contributed by atoms with Crippen molar-refractivity contribution in [3.63, 3.8) is 0 Å². The standard InChI is InChI=1S/C14H14N4O4S/c1-8-13(9(2)22-18-8)23(20,21)15-7-12-10-5-3-4-6-11(10)14(19)17-16-12/h3-6,15H,7H2,1-2H3,(H,17,19). The van der Waals surface area contributed by atoms with Crippen LogP contribution in [0.1, 0.15) is 17.1 Å². The number of benzene rings is 1. The number of fused-ring (bicyclic) bond motifs is 1. The summed E-state index contributed by atoms with van der Waals surface area (Å²) in [6.45, 7) is 3.02. The Labute approximate surface area is 131 Å². The number of rotatable bonds is 4. The van der Waals surface area contributed by atoms with Gasteiger partial charge >= 0.3 is 0 Å². The van der Waals surface area contributed by atoms with E-state index in [2.05, 4.69) is 20.1 Å². The number of sulfonamides is 1. The Balaban J connectivity index is 1.96. The molecule has 2 aromatic heterocycles. The third-order valence-corrected chi connectivity index (χ3v) is 5.09. The lowest BCUT2D eigenvalue weighted by molar-refractivity contribution is 0.390. The molecule has 3 rings (SSSR count). The van der Waals surface area contributed by atoms with Crippen LogP contribution in [-0.4, -0.2) is 23.8 Å². The molecular weight excluding hydrogens is 320 g/mol. The zero-order valence-corrected chi connectivity index (χ0v) is 13.3. The van der Waals surface area contributed by atoms with Crippen LogP contribution in [0.15, 0.2) is 38.5 Å². The monoisotopic (exact) mass is 334 g/mol. The first-order valence-electron chi connectivity index (χ1n) is 6.79. The fourth-order valence-corrected chi connectivity index (χ4v) is 3.71. The molecule has 0 fully saturated rings. The highest BCUT2D eigenvalue weighted by Crippen LogP contribution is 2.19. The van der Waals surface area contributed by atoms with Gasteiger partial charge in [-0.15, -0.1) is 0 Å². The minimum atomic E-state index is -3.79. The molecule has 0 amide bonds. The maximum atomic E-state index is 12.4. The molecule has 23 heavy (non-hydrogen) atoms. The van der Waals surface area contributed by atoms with Crippen LogP contribution in [0, 0.1) is 13.8 Å². The summed E-state index contributed by atoms with van der Waals surface area (Å²) in [6.07, 6.45) is 0. The zero-order valence-electron chi connectivity index (χ0n) is 12.5. The quantitative estimate of drug-likeness (QED) is 0.735. The van der Waals surface area contributed by atoms with E-state index in [-0.39, 0.29) is 28.5 Å². The molecule has 2 N–H and O–H groups in total. The molecule has 0 aliphatic carbocycles. The molecule has 0 aliphatic heterocycles. The van der Waals surface area contributed by atoms with Crippen LogP contribution >= 0.6 is 0 Å². The summed E-state index contributed by atoms with van der Waals surface area (Å²) in [6, 6.07) is 6.87. The molecule has 9 heteroatoms. The van der Waals surface area contributed by atoms with E-state index in [1.807, 2.05) is 0 Å². The van der Waals surface area contributed by atoms with Crippen LogP contribution in [-0.2, 0) is 16.6 Å². The smallest absolute Gasteiger partial charge is 0.272 e. The van der Waals surface area contributed by atoms with Gasteiger partial charge in [0.1, 0.15) is 10.6 Å². The van der Waals surface area contributed by atoms with Crippen LogP contribution in [0.5, 0.6) is 0 Å². The highest BCUT2D eigenvalue weighted by Gasteiger charge is 2.24. The van der Waals surface area contributed by atoms with E-state index >= 15 is 0 Å². The molecule has 120 valence electrons. The van der Waals surface area contributed by atoms with Crippen LogP contribution in [0.4, 0.5) is 0 Å². The molecule has 2 heterocycles. The van der Waals surface area contributed by atoms with Crippen molar-refractivity contribution in [3.8, 4) is 0 Å². The maximum absolute atomic E-state index is 12.4. The predicted molar refractivity (Wildman–Crippen MR) is 82.4 cm³/mol. The molecule has 0 spiro atoms. The number of aromatic amines is 1. The number of H-pyrrole nitrogens is 1. The largest absolute Gasteiger partial charge is 0.360 e. The lowest BCUT2D eigenvalue weighted by Crippen LogP contribution is -2.25. The third kappa shape index (κ3) is 2.76. The van der Waals surface area contributed by atoms with Gasteiger partial charge in [0, 0.05) is 5.39 Å². The zero-order chi connectivity index (χ0) is 16.6. The Kier molecular flexibility index (Phi) is 3.74. The van der Waals surface area contributed by atoms with Gasteiger partial charge in [-0.25, -0.2) is 18.2 Å². The van der Waals surface area contributed by atoms with E-state index in [1.165, 1.54) is 6.92 Å². The third-order valence-electron chi connectivity index (χ3n) is 3.44. The maximum Gasteiger partial charge on any atom is 0.272 e. The van der Waals surface area contributed by atoms with Gasteiger partial charge in [0.2, 0.25) is 10.0 Å². The van der Waals surface area contributed by atoms with Gasteiger partial charge < -0.3 is 4.52 Å². The molecule has 0 bridgehead atoms. The summed E-state index contributed by atoms with van der Waals surface area (Å²) >= 11 is 0. The number of aryl methyl sites for hydroxylation is 2. The van der Waals surface area contributed by atoms with E-state index in [4.69, 9.17) is 4.52 Å². The van der Waals surface area contributed by atoms with Crippen molar-refractivity contribution < 1.29 is 12.9 Å². The summed E-state index contributed by atoms with van der Waals surface area (Å²) in [5.74, 6) is 0.217. The highest BCUT2D eigenvalue weighted by atomic mass is 32.2. The lowest BCUT2D eigenvalue weighted by Gasteiger charge is -2.07. The second-order valence-corrected chi connectivity index (χ2v) is 6.73. The van der Waals surface area contributed by atoms with Crippen molar-refractivity contribution in [2.75, 3.05) is 0 Å². The molecule has 0 unspecified atom stereocenters. The van der Waals surface area contributed by atoms with E-state index in [9.17, 15) is 13.2 Å². The van der Waals surface area contributed by atoms with Crippen molar-refractivity contribution in [2.45, 2.75) is 25.3 Å². The summed E-state index contributed by atoms with van der Waals surface area (Å²) in [5.41, 5.74) is 0.391. The van der Waals surface area contributed by atoms with Gasteiger partial charge in [-0.05, 0) is 19.9 Å². The normalized spacial score (nSPS) is 11.9. The number of hydrogen-bond donors (Lipinski definition) is 2. The van der Waals surface area contributed by atoms with Crippen molar-refractivity contribution in [1.82, 2.24) is 20.1 Å². The first kappa shape index (κ1) is 15.4. The number of aromatic nitrogens is 3. The Morgan fingerprint density at radius 3 is 2.57 bits per heavy atom. The minimum absolute atomic E-state index is 0.0197. The molecule has 0 saturated carbocycles. The average Bonchev–Trinajstić information content (AvgIpc) is 2.86. The number of nitrogens with zero attached hydrogens (tertiary/aromatic N) is 2. The van der Waals surface area contributed by atoms with Crippen LogP contribution in [0.25, 0.3) is 10.8 Å². The number of nitrogens with one attached hydrogen (secondary N) is 2. The van der Waals surface area contributed by atoms with Gasteiger partial charge in [-0.3, -0.25) is 4.79 Å². The van der Waals surface area contributed by atoms with Crippen molar-refractivity contribution >= 4 is 20.8 Å². The first-order chi connectivity index (χ1) is 10.9. The highest BCUT2D eigenvalue weighted by molar-refractivity contribution is 7.89. The Morgan fingerprint density at radius 2 is 1.91 bits per heavy atom. The molecular formula is C14H14N4O4S. The predicted octanol–water partition coefficient (Wildman–Crippen LogP) is 1.01. The van der Waals surface area contributed by atoms with E-state index in [0.29, 0.717) is 16.5 Å². The van der Waals surface area contributed by atoms with Gasteiger partial charge in [0.05, 0.1) is 17.6 Å². The van der Waals surface area contributed by atoms with Gasteiger partial charge in [-0.1, -0.05) is 23.4 Å². The van der Waals surface area contributed by atoms with E-state index < -0.39 is 10.0 Å². The summed E-state index contributed by atoms with van der Waals surface area (Å²) in [5, 5.41) is 11.0. The SMILES string of the molecule is Cc1noc(C)c1S(=O)(=O)NCc1n[nH]c(=O)c2ccccc12. The van der Waals surface area contributed by atoms with E-state index in [0.717, 1.165) is 0 Å². The molecule has 1 aromatic carbocycles. The molecule has 0 aliphatic rings. The molecule has 0 radical (unpaired) electrons. The van der Waals surface area contributed by atoms with Crippen molar-refractivity contribution in [3.05, 3.63) is 51.8 Å². The molecule has 0 saturated heterocycles. The fraction of sp³-hybridized carbons (Fsp3) is 0.214. The number of hydrogen-bond acceptors (Lipinski definition) is 6. The topological polar surface area (TPSA) is 118 Å². The van der Waals surface area contributed by atoms with Crippen LogP contribution in [0.2, 0.25) is 0 Å². The lowest BCUT2D eigenvalue weighted by atomic mass is 10.1. The molecule has 0 atom stereocenters. The van der Waals surface area contributed by atoms with Gasteiger partial charge in [0.15, 0.2) is 5.76 Å². The molecule has 3 aromatic rings. The van der Waals surface area contributed by atoms with E-state index in [1.54, 1.807) is 31.2 Å². The average molecular weight is 334 g/mol. The summed E-state index contributed by atoms with van der Waals surface area (Å²) in [7, 11) is -3.79. The molecule has 8 nitrogen and oxygen atoms in total. The summed E-state index contributed by atoms with van der Waals surface area (Å²) < 4.78 is 32.1.